The number of rotatable bonds is 5. The monoisotopic (exact) mass is 448 g/mol. The fraction of sp³-hybridized carbons (Fsp3) is 0.407. The molecule has 5 atom stereocenters. The predicted molar refractivity (Wildman–Crippen MR) is 120 cm³/mol. The maximum Gasteiger partial charge on any atom is 0.312 e. The molecule has 6 nitrogen and oxygen atoms in total. The van der Waals surface area contributed by atoms with E-state index >= 15 is 0 Å². The first-order valence-electron chi connectivity index (χ1n) is 11.5. The number of allylic oxidation sites excluding steroid dienone is 1. The van der Waals surface area contributed by atoms with Gasteiger partial charge in [0, 0.05) is 24.3 Å². The van der Waals surface area contributed by atoms with Gasteiger partial charge in [0.1, 0.15) is 11.5 Å². The third kappa shape index (κ3) is 3.19. The number of methoxy groups -OCH3 is 1. The minimum absolute atomic E-state index is 0.00740. The van der Waals surface area contributed by atoms with Crippen LogP contribution in [0.3, 0.4) is 0 Å². The van der Waals surface area contributed by atoms with E-state index in [1.165, 1.54) is 0 Å². The van der Waals surface area contributed by atoms with Crippen molar-refractivity contribution in [2.45, 2.75) is 43.8 Å². The lowest BCUT2D eigenvalue weighted by Crippen LogP contribution is -2.38. The molecule has 0 spiro atoms. The zero-order valence-electron chi connectivity index (χ0n) is 18.8. The summed E-state index contributed by atoms with van der Waals surface area (Å²) in [6.45, 7) is 1.95. The van der Waals surface area contributed by atoms with Crippen LogP contribution >= 0.6 is 0 Å². The standard InChI is InChI=1S/C27H28O6/c1-3-32-26(30)22-23(16-8-5-4-6-9-16)27(17-12-14-18(31-2)15-13-17)24(25(22)29)21-19(28)10-7-11-20(21)33-27/h4-6,8-9,12-15,22-25,29H,3,7,10-11H2,1-2H3/t22-,23-,24-,25+,27+/m1/s1. The molecule has 1 saturated carbocycles. The number of esters is 1. The number of Topliss-reactive ketones (excluding diaryl/α,β-unsaturated/α-hetero) is 1. The third-order valence-corrected chi connectivity index (χ3v) is 7.26. The van der Waals surface area contributed by atoms with Gasteiger partial charge in [0.25, 0.3) is 0 Å². The lowest BCUT2D eigenvalue weighted by Gasteiger charge is -2.38. The quantitative estimate of drug-likeness (QED) is 0.699. The minimum Gasteiger partial charge on any atom is -0.497 e. The molecule has 0 bridgehead atoms. The molecule has 6 heteroatoms. The van der Waals surface area contributed by atoms with Gasteiger partial charge in [0.2, 0.25) is 0 Å². The van der Waals surface area contributed by atoms with Crippen LogP contribution in [0.1, 0.15) is 43.2 Å². The second-order valence-electron chi connectivity index (χ2n) is 8.87. The largest absolute Gasteiger partial charge is 0.497 e. The summed E-state index contributed by atoms with van der Waals surface area (Å²) in [7, 11) is 1.60. The minimum atomic E-state index is -1.12. The van der Waals surface area contributed by atoms with Crippen LogP contribution in [0.4, 0.5) is 0 Å². The number of carbonyl (C=O) groups is 2. The van der Waals surface area contributed by atoms with Crippen molar-refractivity contribution in [3.05, 3.63) is 77.1 Å². The van der Waals surface area contributed by atoms with E-state index < -0.39 is 35.4 Å². The number of hydrogen-bond donors (Lipinski definition) is 1. The highest BCUT2D eigenvalue weighted by molar-refractivity contribution is 5.98. The van der Waals surface area contributed by atoms with E-state index in [0.717, 1.165) is 17.5 Å². The predicted octanol–water partition coefficient (Wildman–Crippen LogP) is 3.88. The topological polar surface area (TPSA) is 82.1 Å². The summed E-state index contributed by atoms with van der Waals surface area (Å²) in [5.74, 6) is -1.21. The first kappa shape index (κ1) is 21.7. The van der Waals surface area contributed by atoms with Crippen LogP contribution in [0.2, 0.25) is 0 Å². The summed E-state index contributed by atoms with van der Waals surface area (Å²) in [6, 6.07) is 17.1. The molecular weight excluding hydrogens is 420 g/mol. The van der Waals surface area contributed by atoms with Gasteiger partial charge in [-0.1, -0.05) is 42.5 Å². The van der Waals surface area contributed by atoms with Crippen molar-refractivity contribution < 1.29 is 28.9 Å². The highest BCUT2D eigenvalue weighted by Gasteiger charge is 2.70. The Morgan fingerprint density at radius 3 is 2.48 bits per heavy atom. The maximum absolute atomic E-state index is 13.2. The van der Waals surface area contributed by atoms with Crippen LogP contribution < -0.4 is 4.74 Å². The van der Waals surface area contributed by atoms with Gasteiger partial charge in [-0.3, -0.25) is 9.59 Å². The molecule has 5 rings (SSSR count). The summed E-state index contributed by atoms with van der Waals surface area (Å²) in [5, 5.41) is 11.7. The van der Waals surface area contributed by atoms with Crippen LogP contribution in [-0.2, 0) is 24.7 Å². The number of aliphatic hydroxyl groups excluding tert-OH is 1. The zero-order chi connectivity index (χ0) is 23.2. The molecule has 0 aromatic heterocycles. The average molecular weight is 449 g/mol. The molecule has 0 radical (unpaired) electrons. The van der Waals surface area contributed by atoms with E-state index in [0.29, 0.717) is 29.9 Å². The van der Waals surface area contributed by atoms with Crippen molar-refractivity contribution in [2.24, 2.45) is 11.8 Å². The Morgan fingerprint density at radius 1 is 1.09 bits per heavy atom. The van der Waals surface area contributed by atoms with Gasteiger partial charge in [-0.05, 0) is 36.6 Å². The van der Waals surface area contributed by atoms with E-state index in [2.05, 4.69) is 0 Å². The molecule has 1 N–H and O–H groups in total. The van der Waals surface area contributed by atoms with Gasteiger partial charge in [0.05, 0.1) is 31.7 Å². The highest BCUT2D eigenvalue weighted by Crippen LogP contribution is 2.65. The third-order valence-electron chi connectivity index (χ3n) is 7.26. The van der Waals surface area contributed by atoms with E-state index in [1.807, 2.05) is 54.6 Å². The number of ether oxygens (including phenoxy) is 3. The zero-order valence-corrected chi connectivity index (χ0v) is 18.8. The van der Waals surface area contributed by atoms with Crippen LogP contribution in [0.25, 0.3) is 0 Å². The number of aliphatic hydroxyl groups is 1. The SMILES string of the molecule is CCOC(=O)[C@H]1[C@H](O)[C@H]2C3=C(CCCC3=O)O[C@@]2(c2ccc(OC)cc2)[C@@H]1c1ccccc1. The van der Waals surface area contributed by atoms with Crippen molar-refractivity contribution >= 4 is 11.8 Å². The Hall–Kier alpha value is -3.12. The van der Waals surface area contributed by atoms with Gasteiger partial charge in [0.15, 0.2) is 11.4 Å². The lowest BCUT2D eigenvalue weighted by atomic mass is 9.71. The van der Waals surface area contributed by atoms with Gasteiger partial charge < -0.3 is 19.3 Å². The molecule has 2 aliphatic carbocycles. The Balaban J connectivity index is 1.76. The van der Waals surface area contributed by atoms with Crippen molar-refractivity contribution in [1.29, 1.82) is 0 Å². The van der Waals surface area contributed by atoms with Gasteiger partial charge in [-0.2, -0.15) is 0 Å². The summed E-state index contributed by atoms with van der Waals surface area (Å²) >= 11 is 0. The Morgan fingerprint density at radius 2 is 1.82 bits per heavy atom. The Bertz CT molecular complexity index is 1090. The molecule has 3 aliphatic rings. The average Bonchev–Trinajstić information content (AvgIpc) is 3.31. The van der Waals surface area contributed by atoms with Crippen LogP contribution in [-0.4, -0.2) is 36.7 Å². The fourth-order valence-electron chi connectivity index (χ4n) is 6.02. The molecule has 0 saturated heterocycles. The van der Waals surface area contributed by atoms with Crippen molar-refractivity contribution in [3.8, 4) is 5.75 Å². The van der Waals surface area contributed by atoms with Crippen molar-refractivity contribution in [2.75, 3.05) is 13.7 Å². The number of carbonyl (C=O) groups excluding carboxylic acids is 2. The molecule has 0 unspecified atom stereocenters. The molecule has 1 fully saturated rings. The summed E-state index contributed by atoms with van der Waals surface area (Å²) in [6.07, 6.45) is 0.667. The number of benzene rings is 2. The molecule has 0 amide bonds. The van der Waals surface area contributed by atoms with E-state index in [-0.39, 0.29) is 12.4 Å². The van der Waals surface area contributed by atoms with Crippen LogP contribution in [0.5, 0.6) is 5.75 Å². The molecule has 33 heavy (non-hydrogen) atoms. The van der Waals surface area contributed by atoms with Gasteiger partial charge >= 0.3 is 5.97 Å². The highest BCUT2D eigenvalue weighted by atomic mass is 16.5. The molecule has 172 valence electrons. The molecule has 1 aliphatic heterocycles. The Kier molecular flexibility index (Phi) is 5.49. The summed E-state index contributed by atoms with van der Waals surface area (Å²) < 4.78 is 17.5. The molecule has 2 aromatic rings. The van der Waals surface area contributed by atoms with Gasteiger partial charge in [-0.25, -0.2) is 0 Å². The van der Waals surface area contributed by atoms with E-state index in [9.17, 15) is 14.7 Å². The van der Waals surface area contributed by atoms with Crippen molar-refractivity contribution in [3.63, 3.8) is 0 Å². The first-order valence-corrected chi connectivity index (χ1v) is 11.5. The summed E-state index contributed by atoms with van der Waals surface area (Å²) in [5.41, 5.74) is 1.10. The van der Waals surface area contributed by atoms with Crippen LogP contribution in [0.15, 0.2) is 65.9 Å². The summed E-state index contributed by atoms with van der Waals surface area (Å²) in [4.78, 5) is 26.3. The number of ketones is 1. The fourth-order valence-corrected chi connectivity index (χ4v) is 6.02. The molecule has 2 aromatic carbocycles. The second kappa shape index (κ2) is 8.34. The van der Waals surface area contributed by atoms with Gasteiger partial charge in [-0.15, -0.1) is 0 Å². The van der Waals surface area contributed by atoms with E-state index in [1.54, 1.807) is 14.0 Å². The van der Waals surface area contributed by atoms with E-state index in [4.69, 9.17) is 14.2 Å². The normalized spacial score (nSPS) is 30.5. The second-order valence-corrected chi connectivity index (χ2v) is 8.87. The lowest BCUT2D eigenvalue weighted by molar-refractivity contribution is -0.152. The first-order chi connectivity index (χ1) is 16.0. The smallest absolute Gasteiger partial charge is 0.312 e. The molecule has 1 heterocycles. The number of fused-ring (bicyclic) bond motifs is 2. The molecular formula is C27H28O6. The Labute approximate surface area is 193 Å². The van der Waals surface area contributed by atoms with Crippen LogP contribution in [0, 0.1) is 11.8 Å². The maximum atomic E-state index is 13.2. The number of hydrogen-bond acceptors (Lipinski definition) is 6. The van der Waals surface area contributed by atoms with Crippen molar-refractivity contribution in [1.82, 2.24) is 0 Å².